The summed E-state index contributed by atoms with van der Waals surface area (Å²) in [4.78, 5) is 14.7. The van der Waals surface area contributed by atoms with Gasteiger partial charge in [0.05, 0.1) is 5.69 Å². The van der Waals surface area contributed by atoms with Gasteiger partial charge in [-0.25, -0.2) is 9.18 Å². The molecule has 0 radical (unpaired) electrons. The number of carboxylic acids is 1. The molecule has 1 aliphatic rings. The first kappa shape index (κ1) is 15.5. The molecule has 2 rings (SSSR count). The lowest BCUT2D eigenvalue weighted by Crippen LogP contribution is -2.38. The van der Waals surface area contributed by atoms with Gasteiger partial charge >= 0.3 is 5.97 Å². The Morgan fingerprint density at radius 2 is 2.29 bits per heavy atom. The average Bonchev–Trinajstić information content (AvgIpc) is 2.83. The smallest absolute Gasteiger partial charge is 0.328 e. The predicted octanol–water partition coefficient (Wildman–Crippen LogP) is 2.45. The molecule has 1 fully saturated rings. The van der Waals surface area contributed by atoms with Gasteiger partial charge in [-0.05, 0) is 50.7 Å². The van der Waals surface area contributed by atoms with Gasteiger partial charge in [0.2, 0.25) is 0 Å². The summed E-state index contributed by atoms with van der Waals surface area (Å²) >= 11 is 0. The Hall–Kier alpha value is -1.88. The van der Waals surface area contributed by atoms with Crippen LogP contribution in [-0.4, -0.2) is 49.2 Å². The zero-order chi connectivity index (χ0) is 15.4. The molecule has 1 N–H and O–H groups in total. The van der Waals surface area contributed by atoms with Crippen molar-refractivity contribution < 1.29 is 14.3 Å². The second-order valence-corrected chi connectivity index (χ2v) is 5.63. The Labute approximate surface area is 124 Å². The summed E-state index contributed by atoms with van der Waals surface area (Å²) < 4.78 is 14.3. The summed E-state index contributed by atoms with van der Waals surface area (Å²) in [6.45, 7) is 1.76. The fourth-order valence-electron chi connectivity index (χ4n) is 2.79. The number of carboxylic acid groups (broad SMARTS) is 1. The normalized spacial score (nSPS) is 18.9. The number of carbonyl (C=O) groups is 1. The summed E-state index contributed by atoms with van der Waals surface area (Å²) in [5.41, 5.74) is 1.16. The second-order valence-electron chi connectivity index (χ2n) is 5.63. The van der Waals surface area contributed by atoms with Crippen molar-refractivity contribution in [2.24, 2.45) is 0 Å². The van der Waals surface area contributed by atoms with Crippen molar-refractivity contribution >= 4 is 17.7 Å². The van der Waals surface area contributed by atoms with Crippen LogP contribution in [0, 0.1) is 5.82 Å². The van der Waals surface area contributed by atoms with Crippen LogP contribution < -0.4 is 4.90 Å². The largest absolute Gasteiger partial charge is 0.478 e. The SMILES string of the molecule is CN(C)CC1CCCN1c1ccc(C=CC(=O)O)cc1F. The first-order valence-electron chi connectivity index (χ1n) is 7.09. The van der Waals surface area contributed by atoms with Crippen molar-refractivity contribution in [3.63, 3.8) is 0 Å². The summed E-state index contributed by atoms with van der Waals surface area (Å²) in [5.74, 6) is -1.33. The molecule has 21 heavy (non-hydrogen) atoms. The third-order valence-electron chi connectivity index (χ3n) is 3.65. The van der Waals surface area contributed by atoms with E-state index >= 15 is 0 Å². The van der Waals surface area contributed by atoms with Gasteiger partial charge in [0.15, 0.2) is 0 Å². The van der Waals surface area contributed by atoms with E-state index in [2.05, 4.69) is 9.80 Å². The Morgan fingerprint density at radius 1 is 1.52 bits per heavy atom. The molecule has 1 aromatic rings. The highest BCUT2D eigenvalue weighted by molar-refractivity contribution is 5.85. The molecule has 0 saturated carbocycles. The third-order valence-corrected chi connectivity index (χ3v) is 3.65. The maximum Gasteiger partial charge on any atom is 0.328 e. The number of likely N-dealkylation sites (N-methyl/N-ethyl adjacent to an activating group) is 1. The van der Waals surface area contributed by atoms with Crippen LogP contribution in [0.5, 0.6) is 0 Å². The van der Waals surface area contributed by atoms with E-state index < -0.39 is 5.97 Å². The molecule has 0 amide bonds. The van der Waals surface area contributed by atoms with E-state index in [4.69, 9.17) is 5.11 Å². The van der Waals surface area contributed by atoms with Gasteiger partial charge in [-0.3, -0.25) is 0 Å². The summed E-state index contributed by atoms with van der Waals surface area (Å²) in [6, 6.07) is 5.21. The van der Waals surface area contributed by atoms with E-state index in [1.54, 1.807) is 12.1 Å². The molecule has 0 spiro atoms. The van der Waals surface area contributed by atoms with Gasteiger partial charge in [-0.2, -0.15) is 0 Å². The molecule has 5 heteroatoms. The Balaban J connectivity index is 2.18. The maximum atomic E-state index is 14.3. The van der Waals surface area contributed by atoms with Crippen molar-refractivity contribution in [1.29, 1.82) is 0 Å². The highest BCUT2D eigenvalue weighted by Crippen LogP contribution is 2.29. The lowest BCUT2D eigenvalue weighted by molar-refractivity contribution is -0.131. The minimum absolute atomic E-state index is 0.298. The molecule has 1 aromatic carbocycles. The lowest BCUT2D eigenvalue weighted by atomic mass is 10.1. The van der Waals surface area contributed by atoms with E-state index in [0.717, 1.165) is 32.0 Å². The van der Waals surface area contributed by atoms with Crippen LogP contribution >= 0.6 is 0 Å². The van der Waals surface area contributed by atoms with Crippen LogP contribution in [0.4, 0.5) is 10.1 Å². The Kier molecular flexibility index (Phi) is 4.96. The third kappa shape index (κ3) is 4.04. The van der Waals surface area contributed by atoms with Crippen molar-refractivity contribution in [2.45, 2.75) is 18.9 Å². The van der Waals surface area contributed by atoms with E-state index in [0.29, 0.717) is 17.3 Å². The molecular formula is C16H21FN2O2. The number of halogens is 1. The molecule has 4 nitrogen and oxygen atoms in total. The van der Waals surface area contributed by atoms with Gasteiger partial charge in [-0.15, -0.1) is 0 Å². The van der Waals surface area contributed by atoms with Crippen molar-refractivity contribution in [3.8, 4) is 0 Å². The fraction of sp³-hybridized carbons (Fsp3) is 0.438. The van der Waals surface area contributed by atoms with Gasteiger partial charge < -0.3 is 14.9 Å². The molecule has 0 bridgehead atoms. The average molecular weight is 292 g/mol. The minimum atomic E-state index is -1.04. The zero-order valence-corrected chi connectivity index (χ0v) is 12.4. The number of hydrogen-bond donors (Lipinski definition) is 1. The number of anilines is 1. The Bertz CT molecular complexity index is 543. The number of hydrogen-bond acceptors (Lipinski definition) is 3. The number of aliphatic carboxylic acids is 1. The van der Waals surface area contributed by atoms with E-state index in [1.165, 1.54) is 12.1 Å². The van der Waals surface area contributed by atoms with Gasteiger partial charge in [0.25, 0.3) is 0 Å². The molecular weight excluding hydrogens is 271 g/mol. The first-order chi connectivity index (χ1) is 9.97. The monoisotopic (exact) mass is 292 g/mol. The van der Waals surface area contributed by atoms with Crippen molar-refractivity contribution in [2.75, 3.05) is 32.1 Å². The van der Waals surface area contributed by atoms with Crippen molar-refractivity contribution in [3.05, 3.63) is 35.7 Å². The second kappa shape index (κ2) is 6.72. The summed E-state index contributed by atoms with van der Waals surface area (Å²) in [6.07, 6.45) is 4.55. The quantitative estimate of drug-likeness (QED) is 0.847. The van der Waals surface area contributed by atoms with Gasteiger partial charge in [0, 0.05) is 25.2 Å². The van der Waals surface area contributed by atoms with E-state index in [9.17, 15) is 9.18 Å². The maximum absolute atomic E-state index is 14.3. The molecule has 1 unspecified atom stereocenters. The zero-order valence-electron chi connectivity index (χ0n) is 12.4. The Morgan fingerprint density at radius 3 is 2.90 bits per heavy atom. The lowest BCUT2D eigenvalue weighted by Gasteiger charge is -2.29. The van der Waals surface area contributed by atoms with Crippen LogP contribution in [-0.2, 0) is 4.79 Å². The molecule has 1 atom stereocenters. The molecule has 0 aromatic heterocycles. The highest BCUT2D eigenvalue weighted by atomic mass is 19.1. The standard InChI is InChI=1S/C16H21FN2O2/c1-18(2)11-13-4-3-9-19(13)15-7-5-12(10-14(15)17)6-8-16(20)21/h5-8,10,13H,3-4,9,11H2,1-2H3,(H,20,21). The molecule has 1 saturated heterocycles. The number of rotatable bonds is 5. The fourth-order valence-corrected chi connectivity index (χ4v) is 2.79. The topological polar surface area (TPSA) is 43.8 Å². The summed E-state index contributed by atoms with van der Waals surface area (Å²) in [7, 11) is 4.04. The first-order valence-corrected chi connectivity index (χ1v) is 7.09. The van der Waals surface area contributed by atoms with Crippen LogP contribution in [0.25, 0.3) is 6.08 Å². The number of nitrogens with zero attached hydrogens (tertiary/aromatic N) is 2. The number of benzene rings is 1. The van der Waals surface area contributed by atoms with Crippen LogP contribution in [0.3, 0.4) is 0 Å². The van der Waals surface area contributed by atoms with Crippen LogP contribution in [0.2, 0.25) is 0 Å². The molecule has 1 heterocycles. The molecule has 0 aliphatic carbocycles. The highest BCUT2D eigenvalue weighted by Gasteiger charge is 2.26. The van der Waals surface area contributed by atoms with Gasteiger partial charge in [0.1, 0.15) is 5.82 Å². The summed E-state index contributed by atoms with van der Waals surface area (Å²) in [5, 5.41) is 8.60. The van der Waals surface area contributed by atoms with Crippen molar-refractivity contribution in [1.82, 2.24) is 4.90 Å². The predicted molar refractivity (Wildman–Crippen MR) is 82.0 cm³/mol. The van der Waals surface area contributed by atoms with Gasteiger partial charge in [-0.1, -0.05) is 6.07 Å². The minimum Gasteiger partial charge on any atom is -0.478 e. The van der Waals surface area contributed by atoms with E-state index in [1.807, 2.05) is 14.1 Å². The van der Waals surface area contributed by atoms with Crippen LogP contribution in [0.15, 0.2) is 24.3 Å². The van der Waals surface area contributed by atoms with Crippen LogP contribution in [0.1, 0.15) is 18.4 Å². The molecule has 114 valence electrons. The molecule has 1 aliphatic heterocycles. The van der Waals surface area contributed by atoms with E-state index in [-0.39, 0.29) is 5.82 Å².